The molecule has 1 saturated carbocycles. The van der Waals surface area contributed by atoms with Crippen LogP contribution in [-0.2, 0) is 6.42 Å². The number of nitrogens with two attached hydrogens (primary N) is 1. The Bertz CT molecular complexity index is 444. The number of rotatable bonds is 4. The Balaban J connectivity index is 2.42. The summed E-state index contributed by atoms with van der Waals surface area (Å²) in [6, 6.07) is 1.57. The number of phenols is 1. The average molecular weight is 241 g/mol. The van der Waals surface area contributed by atoms with E-state index < -0.39 is 11.6 Å². The Morgan fingerprint density at radius 3 is 2.53 bits per heavy atom. The fourth-order valence-corrected chi connectivity index (χ4v) is 1.84. The lowest BCUT2D eigenvalue weighted by Crippen LogP contribution is -2.24. The summed E-state index contributed by atoms with van der Waals surface area (Å²) < 4.78 is 23.7. The molecule has 17 heavy (non-hydrogen) atoms. The van der Waals surface area contributed by atoms with Gasteiger partial charge in [0.2, 0.25) is 11.6 Å². The van der Waals surface area contributed by atoms with E-state index in [0.29, 0.717) is 12.0 Å². The predicted molar refractivity (Wildman–Crippen MR) is 61.0 cm³/mol. The van der Waals surface area contributed by atoms with E-state index in [-0.39, 0.29) is 17.0 Å². The molecular formula is C12H16FNO3. The van der Waals surface area contributed by atoms with Gasteiger partial charge in [-0.2, -0.15) is 4.39 Å². The van der Waals surface area contributed by atoms with Crippen LogP contribution < -0.4 is 15.2 Å². The minimum Gasteiger partial charge on any atom is -0.505 e. The van der Waals surface area contributed by atoms with Gasteiger partial charge in [-0.3, -0.25) is 0 Å². The van der Waals surface area contributed by atoms with Crippen molar-refractivity contribution < 1.29 is 19.0 Å². The standard InChI is InChI=1S/C12H16FNO3/c1-16-8-5-7(6-12(14)3-4-12)10(15)9(13)11(8)17-2/h5,15H,3-4,6,14H2,1-2H3. The highest BCUT2D eigenvalue weighted by Crippen LogP contribution is 2.43. The molecule has 1 aliphatic rings. The van der Waals surface area contributed by atoms with Gasteiger partial charge in [-0.05, 0) is 25.3 Å². The highest BCUT2D eigenvalue weighted by Gasteiger charge is 2.39. The van der Waals surface area contributed by atoms with E-state index in [1.165, 1.54) is 14.2 Å². The van der Waals surface area contributed by atoms with Crippen LogP contribution in [0.5, 0.6) is 17.2 Å². The van der Waals surface area contributed by atoms with Crippen LogP contribution in [0.15, 0.2) is 6.07 Å². The first-order valence-corrected chi connectivity index (χ1v) is 5.42. The molecule has 0 atom stereocenters. The highest BCUT2D eigenvalue weighted by molar-refractivity contribution is 5.52. The number of aromatic hydroxyl groups is 1. The van der Waals surface area contributed by atoms with Crippen molar-refractivity contribution in [3.05, 3.63) is 17.4 Å². The fraction of sp³-hybridized carbons (Fsp3) is 0.500. The summed E-state index contributed by atoms with van der Waals surface area (Å²) in [5.41, 5.74) is 6.11. The van der Waals surface area contributed by atoms with E-state index in [4.69, 9.17) is 15.2 Å². The second-order valence-corrected chi connectivity index (χ2v) is 4.47. The Hall–Kier alpha value is -1.49. The molecule has 0 unspecified atom stereocenters. The number of benzene rings is 1. The number of ether oxygens (including phenoxy) is 2. The first kappa shape index (κ1) is 12.0. The summed E-state index contributed by atoms with van der Waals surface area (Å²) in [6.45, 7) is 0. The molecule has 3 N–H and O–H groups in total. The maximum Gasteiger partial charge on any atom is 0.210 e. The summed E-state index contributed by atoms with van der Waals surface area (Å²) >= 11 is 0. The molecule has 0 bridgehead atoms. The van der Waals surface area contributed by atoms with Crippen LogP contribution in [0.3, 0.4) is 0 Å². The normalized spacial score (nSPS) is 16.7. The van der Waals surface area contributed by atoms with E-state index in [0.717, 1.165) is 12.8 Å². The van der Waals surface area contributed by atoms with Crippen molar-refractivity contribution in [1.82, 2.24) is 0 Å². The SMILES string of the molecule is COc1cc(CC2(N)CC2)c(O)c(F)c1OC. The maximum absolute atomic E-state index is 13.8. The van der Waals surface area contributed by atoms with Gasteiger partial charge >= 0.3 is 0 Å². The van der Waals surface area contributed by atoms with Gasteiger partial charge in [0, 0.05) is 11.1 Å². The lowest BCUT2D eigenvalue weighted by Gasteiger charge is -2.15. The molecule has 0 heterocycles. The van der Waals surface area contributed by atoms with Crippen molar-refractivity contribution in [1.29, 1.82) is 0 Å². The highest BCUT2D eigenvalue weighted by atomic mass is 19.1. The monoisotopic (exact) mass is 241 g/mol. The molecule has 1 aromatic carbocycles. The summed E-state index contributed by atoms with van der Waals surface area (Å²) in [5, 5.41) is 9.75. The van der Waals surface area contributed by atoms with Crippen LogP contribution in [0, 0.1) is 5.82 Å². The summed E-state index contributed by atoms with van der Waals surface area (Å²) in [4.78, 5) is 0. The molecule has 0 radical (unpaired) electrons. The Morgan fingerprint density at radius 2 is 2.06 bits per heavy atom. The van der Waals surface area contributed by atoms with Gasteiger partial charge in [-0.1, -0.05) is 0 Å². The molecule has 2 rings (SSSR count). The number of hydrogen-bond acceptors (Lipinski definition) is 4. The number of halogens is 1. The number of phenolic OH excluding ortho intramolecular Hbond substituents is 1. The van der Waals surface area contributed by atoms with Crippen LogP contribution >= 0.6 is 0 Å². The lowest BCUT2D eigenvalue weighted by molar-refractivity contribution is 0.324. The molecule has 1 aromatic rings. The quantitative estimate of drug-likeness (QED) is 0.840. The third kappa shape index (κ3) is 2.15. The Kier molecular flexibility index (Phi) is 2.87. The van der Waals surface area contributed by atoms with Crippen molar-refractivity contribution in [2.75, 3.05) is 14.2 Å². The summed E-state index contributed by atoms with van der Waals surface area (Å²) in [7, 11) is 2.75. The Labute approximate surface area is 99.1 Å². The zero-order valence-electron chi connectivity index (χ0n) is 9.92. The minimum absolute atomic E-state index is 0.0874. The summed E-state index contributed by atoms with van der Waals surface area (Å²) in [5.74, 6) is -1.02. The van der Waals surface area contributed by atoms with Crippen molar-refractivity contribution in [3.8, 4) is 17.2 Å². The van der Waals surface area contributed by atoms with E-state index in [1.807, 2.05) is 0 Å². The van der Waals surface area contributed by atoms with Crippen LogP contribution in [0.25, 0.3) is 0 Å². The van der Waals surface area contributed by atoms with E-state index in [1.54, 1.807) is 6.07 Å². The molecule has 0 saturated heterocycles. The van der Waals surface area contributed by atoms with Gasteiger partial charge < -0.3 is 20.3 Å². The molecule has 0 amide bonds. The van der Waals surface area contributed by atoms with Crippen molar-refractivity contribution in [2.24, 2.45) is 5.73 Å². The zero-order valence-corrected chi connectivity index (χ0v) is 9.92. The third-order valence-electron chi connectivity index (χ3n) is 3.10. The molecule has 4 nitrogen and oxygen atoms in total. The second kappa shape index (κ2) is 4.07. The van der Waals surface area contributed by atoms with Gasteiger partial charge in [0.1, 0.15) is 0 Å². The molecule has 1 aliphatic carbocycles. The topological polar surface area (TPSA) is 64.7 Å². The van der Waals surface area contributed by atoms with E-state index in [9.17, 15) is 9.50 Å². The van der Waals surface area contributed by atoms with Crippen LogP contribution in [0.2, 0.25) is 0 Å². The van der Waals surface area contributed by atoms with Gasteiger partial charge in [0.05, 0.1) is 14.2 Å². The third-order valence-corrected chi connectivity index (χ3v) is 3.10. The largest absolute Gasteiger partial charge is 0.505 e. The van der Waals surface area contributed by atoms with Crippen LogP contribution in [0.1, 0.15) is 18.4 Å². The van der Waals surface area contributed by atoms with Crippen molar-refractivity contribution in [2.45, 2.75) is 24.8 Å². The predicted octanol–water partition coefficient (Wildman–Crippen LogP) is 1.58. The van der Waals surface area contributed by atoms with Gasteiger partial charge in [0.25, 0.3) is 0 Å². The molecular weight excluding hydrogens is 225 g/mol. The minimum atomic E-state index is -0.800. The number of methoxy groups -OCH3 is 2. The van der Waals surface area contributed by atoms with Gasteiger partial charge in [-0.15, -0.1) is 0 Å². The van der Waals surface area contributed by atoms with E-state index in [2.05, 4.69) is 0 Å². The fourth-order valence-electron chi connectivity index (χ4n) is 1.84. The van der Waals surface area contributed by atoms with Gasteiger partial charge in [-0.25, -0.2) is 0 Å². The van der Waals surface area contributed by atoms with Crippen molar-refractivity contribution >= 4 is 0 Å². The molecule has 0 aliphatic heterocycles. The molecule has 5 heteroatoms. The van der Waals surface area contributed by atoms with Gasteiger partial charge in [0.15, 0.2) is 11.5 Å². The number of hydrogen-bond donors (Lipinski definition) is 2. The average Bonchev–Trinajstić information content (AvgIpc) is 3.02. The van der Waals surface area contributed by atoms with Crippen LogP contribution in [0.4, 0.5) is 4.39 Å². The lowest BCUT2D eigenvalue weighted by atomic mass is 10.0. The molecule has 0 spiro atoms. The smallest absolute Gasteiger partial charge is 0.210 e. The van der Waals surface area contributed by atoms with Crippen molar-refractivity contribution in [3.63, 3.8) is 0 Å². The first-order chi connectivity index (χ1) is 8.00. The Morgan fingerprint density at radius 1 is 1.41 bits per heavy atom. The molecule has 0 aromatic heterocycles. The summed E-state index contributed by atoms with van der Waals surface area (Å²) in [6.07, 6.45) is 2.22. The second-order valence-electron chi connectivity index (χ2n) is 4.47. The molecule has 1 fully saturated rings. The van der Waals surface area contributed by atoms with Crippen LogP contribution in [-0.4, -0.2) is 24.9 Å². The van der Waals surface area contributed by atoms with E-state index >= 15 is 0 Å². The molecule has 94 valence electrons. The first-order valence-electron chi connectivity index (χ1n) is 5.42. The zero-order chi connectivity index (χ0) is 12.6. The maximum atomic E-state index is 13.8.